The van der Waals surface area contributed by atoms with E-state index in [1.165, 1.54) is 22.3 Å². The van der Waals surface area contributed by atoms with Gasteiger partial charge in [-0.15, -0.1) is 0 Å². The second-order valence-electron chi connectivity index (χ2n) is 4.91. The van der Waals surface area contributed by atoms with Crippen LogP contribution in [0.5, 0.6) is 0 Å². The van der Waals surface area contributed by atoms with Gasteiger partial charge < -0.3 is 5.32 Å². The van der Waals surface area contributed by atoms with Crippen LogP contribution in [0.2, 0.25) is 0 Å². The van der Waals surface area contributed by atoms with Gasteiger partial charge in [0.25, 0.3) is 0 Å². The van der Waals surface area contributed by atoms with E-state index in [1.54, 1.807) is 0 Å². The molecule has 96 valence electrons. The molecule has 0 saturated carbocycles. The van der Waals surface area contributed by atoms with E-state index in [2.05, 4.69) is 43.5 Å². The average Bonchev–Trinajstić information content (AvgIpc) is 2.80. The van der Waals surface area contributed by atoms with Crippen molar-refractivity contribution in [2.24, 2.45) is 0 Å². The smallest absolute Gasteiger partial charge is 0.241 e. The van der Waals surface area contributed by atoms with Crippen molar-refractivity contribution >= 4 is 5.91 Å². The molecule has 1 aliphatic rings. The number of benzene rings is 1. The zero-order valence-corrected chi connectivity index (χ0v) is 11.2. The van der Waals surface area contributed by atoms with Crippen LogP contribution in [-0.2, 0) is 11.3 Å². The molecule has 1 heterocycles. The molecule has 0 spiro atoms. The first-order valence-electron chi connectivity index (χ1n) is 6.32. The molecule has 2 rings (SSSR count). The van der Waals surface area contributed by atoms with Crippen molar-refractivity contribution in [1.82, 2.24) is 10.6 Å². The third kappa shape index (κ3) is 2.79. The van der Waals surface area contributed by atoms with E-state index >= 15 is 0 Å². The molecule has 0 radical (unpaired) electrons. The summed E-state index contributed by atoms with van der Waals surface area (Å²) in [6, 6.07) is 4.14. The number of hydrogen-bond acceptors (Lipinski definition) is 2. The fourth-order valence-electron chi connectivity index (χ4n) is 2.42. The van der Waals surface area contributed by atoms with Gasteiger partial charge in [-0.1, -0.05) is 29.8 Å². The van der Waals surface area contributed by atoms with Crippen molar-refractivity contribution in [1.29, 1.82) is 0 Å². The number of carbonyl (C=O) groups excluding carboxylic acids is 1. The minimum Gasteiger partial charge on any atom is -0.350 e. The number of aryl methyl sites for hydroxylation is 3. The van der Waals surface area contributed by atoms with Gasteiger partial charge in [-0.3, -0.25) is 10.1 Å². The highest BCUT2D eigenvalue weighted by Crippen LogP contribution is 2.16. The van der Waals surface area contributed by atoms with Crippen LogP contribution >= 0.6 is 0 Å². The Hall–Kier alpha value is -1.61. The summed E-state index contributed by atoms with van der Waals surface area (Å²) in [7, 11) is 0. The van der Waals surface area contributed by atoms with E-state index in [0.29, 0.717) is 6.54 Å². The maximum Gasteiger partial charge on any atom is 0.241 e. The summed E-state index contributed by atoms with van der Waals surface area (Å²) in [5.41, 5.74) is 4.96. The van der Waals surface area contributed by atoms with Gasteiger partial charge in [-0.2, -0.15) is 0 Å². The molecule has 1 aromatic carbocycles. The number of nitrogens with one attached hydrogen (secondary N) is 2. The minimum absolute atomic E-state index is 0.0446. The lowest BCUT2D eigenvalue weighted by molar-refractivity contribution is -0.122. The molecule has 0 saturated heterocycles. The number of rotatable bonds is 3. The molecule has 1 aliphatic heterocycles. The second kappa shape index (κ2) is 5.36. The lowest BCUT2D eigenvalue weighted by Gasteiger charge is -2.14. The third-order valence-electron chi connectivity index (χ3n) is 3.35. The quantitative estimate of drug-likeness (QED) is 0.795. The van der Waals surface area contributed by atoms with E-state index in [-0.39, 0.29) is 11.9 Å². The predicted octanol–water partition coefficient (Wildman–Crippen LogP) is 1.76. The molecule has 1 aromatic rings. The fourth-order valence-corrected chi connectivity index (χ4v) is 2.42. The molecule has 2 N–H and O–H groups in total. The molecule has 0 bridgehead atoms. The van der Waals surface area contributed by atoms with Gasteiger partial charge in [0.1, 0.15) is 6.04 Å². The van der Waals surface area contributed by atoms with Gasteiger partial charge in [0, 0.05) is 13.1 Å². The standard InChI is InChI=1S/C15H20N2O/c1-10-7-11(2)13(12(3)8-10)9-17-15(18)14-5-4-6-16-14/h4-5,7-8,14,16H,6,9H2,1-3H3,(H,17,18)/t14-/m0/s1. The van der Waals surface area contributed by atoms with Crippen LogP contribution in [0.25, 0.3) is 0 Å². The van der Waals surface area contributed by atoms with E-state index in [0.717, 1.165) is 6.54 Å². The van der Waals surface area contributed by atoms with Crippen LogP contribution in [0.4, 0.5) is 0 Å². The summed E-state index contributed by atoms with van der Waals surface area (Å²) in [5, 5.41) is 6.10. The predicted molar refractivity (Wildman–Crippen MR) is 73.4 cm³/mol. The third-order valence-corrected chi connectivity index (χ3v) is 3.35. The number of hydrogen-bond donors (Lipinski definition) is 2. The Morgan fingerprint density at radius 3 is 2.56 bits per heavy atom. The zero-order valence-electron chi connectivity index (χ0n) is 11.2. The maximum atomic E-state index is 11.9. The van der Waals surface area contributed by atoms with Crippen LogP contribution < -0.4 is 10.6 Å². The molecule has 0 aliphatic carbocycles. The zero-order chi connectivity index (χ0) is 13.1. The first-order valence-corrected chi connectivity index (χ1v) is 6.32. The summed E-state index contributed by atoms with van der Waals surface area (Å²) in [6.45, 7) is 7.66. The van der Waals surface area contributed by atoms with Gasteiger partial charge in [0.15, 0.2) is 0 Å². The number of carbonyl (C=O) groups is 1. The number of amides is 1. The first kappa shape index (κ1) is 12.8. The molecule has 1 atom stereocenters. The van der Waals surface area contributed by atoms with Crippen LogP contribution in [0, 0.1) is 20.8 Å². The molecule has 1 amide bonds. The Balaban J connectivity index is 2.02. The minimum atomic E-state index is -0.170. The van der Waals surface area contributed by atoms with Crippen molar-refractivity contribution < 1.29 is 4.79 Å². The van der Waals surface area contributed by atoms with Gasteiger partial charge in [-0.25, -0.2) is 0 Å². The first-order chi connectivity index (χ1) is 8.58. The summed E-state index contributed by atoms with van der Waals surface area (Å²) in [4.78, 5) is 11.9. The molecule has 18 heavy (non-hydrogen) atoms. The summed E-state index contributed by atoms with van der Waals surface area (Å²) in [6.07, 6.45) is 3.89. The highest BCUT2D eigenvalue weighted by molar-refractivity contribution is 5.84. The lowest BCUT2D eigenvalue weighted by Crippen LogP contribution is -2.40. The Morgan fingerprint density at radius 2 is 2.00 bits per heavy atom. The Morgan fingerprint density at radius 1 is 1.33 bits per heavy atom. The molecule has 0 unspecified atom stereocenters. The molecular formula is C15H20N2O. The second-order valence-corrected chi connectivity index (χ2v) is 4.91. The molecule has 0 aromatic heterocycles. The maximum absolute atomic E-state index is 11.9. The lowest BCUT2D eigenvalue weighted by atomic mass is 10.00. The highest BCUT2D eigenvalue weighted by atomic mass is 16.2. The molecule has 3 nitrogen and oxygen atoms in total. The monoisotopic (exact) mass is 244 g/mol. The van der Waals surface area contributed by atoms with Crippen LogP contribution in [0.1, 0.15) is 22.3 Å². The average molecular weight is 244 g/mol. The van der Waals surface area contributed by atoms with Crippen molar-refractivity contribution in [3.05, 3.63) is 46.5 Å². The van der Waals surface area contributed by atoms with Gasteiger partial charge >= 0.3 is 0 Å². The van der Waals surface area contributed by atoms with Crippen molar-refractivity contribution in [3.8, 4) is 0 Å². The fraction of sp³-hybridized carbons (Fsp3) is 0.400. The van der Waals surface area contributed by atoms with Crippen LogP contribution in [0.3, 0.4) is 0 Å². The Bertz CT molecular complexity index is 468. The van der Waals surface area contributed by atoms with E-state index in [1.807, 2.05) is 12.2 Å². The van der Waals surface area contributed by atoms with Gasteiger partial charge in [0.2, 0.25) is 5.91 Å². The van der Waals surface area contributed by atoms with E-state index in [9.17, 15) is 4.79 Å². The van der Waals surface area contributed by atoms with Crippen molar-refractivity contribution in [2.75, 3.05) is 6.54 Å². The van der Waals surface area contributed by atoms with E-state index < -0.39 is 0 Å². The topological polar surface area (TPSA) is 41.1 Å². The summed E-state index contributed by atoms with van der Waals surface area (Å²) >= 11 is 0. The SMILES string of the molecule is Cc1cc(C)c(CNC(=O)[C@@H]2C=CCN2)c(C)c1. The van der Waals surface area contributed by atoms with Crippen molar-refractivity contribution in [2.45, 2.75) is 33.4 Å². The van der Waals surface area contributed by atoms with E-state index in [4.69, 9.17) is 0 Å². The molecule has 0 fully saturated rings. The summed E-state index contributed by atoms with van der Waals surface area (Å²) < 4.78 is 0. The van der Waals surface area contributed by atoms with Gasteiger partial charge in [0.05, 0.1) is 0 Å². The molecule has 3 heteroatoms. The largest absolute Gasteiger partial charge is 0.350 e. The normalized spacial score (nSPS) is 18.1. The van der Waals surface area contributed by atoms with Crippen LogP contribution in [0.15, 0.2) is 24.3 Å². The van der Waals surface area contributed by atoms with Crippen LogP contribution in [-0.4, -0.2) is 18.5 Å². The molecular weight excluding hydrogens is 224 g/mol. The Labute approximate surface area is 108 Å². The summed E-state index contributed by atoms with van der Waals surface area (Å²) in [5.74, 6) is 0.0446. The van der Waals surface area contributed by atoms with Gasteiger partial charge in [-0.05, 0) is 37.5 Å². The van der Waals surface area contributed by atoms with Crippen molar-refractivity contribution in [3.63, 3.8) is 0 Å². The highest BCUT2D eigenvalue weighted by Gasteiger charge is 2.17. The Kier molecular flexibility index (Phi) is 3.82.